The number of piperazine rings is 1. The van der Waals surface area contributed by atoms with Crippen molar-refractivity contribution in [2.24, 2.45) is 0 Å². The highest BCUT2D eigenvalue weighted by Crippen LogP contribution is 2.25. The maximum atomic E-state index is 12.7. The zero-order valence-electron chi connectivity index (χ0n) is 20.6. The topological polar surface area (TPSA) is 104 Å². The Morgan fingerprint density at radius 3 is 2.51 bits per heavy atom. The molecule has 1 N–H and O–H groups in total. The van der Waals surface area contributed by atoms with E-state index in [0.29, 0.717) is 12.8 Å². The number of fused-ring (bicyclic) bond motifs is 1. The van der Waals surface area contributed by atoms with Gasteiger partial charge in [-0.15, -0.1) is 10.2 Å². The molecule has 0 amide bonds. The van der Waals surface area contributed by atoms with Gasteiger partial charge < -0.3 is 9.80 Å². The first-order chi connectivity index (χ1) is 17.8. The molecule has 1 fully saturated rings. The van der Waals surface area contributed by atoms with Crippen LogP contribution in [0.1, 0.15) is 23.1 Å². The van der Waals surface area contributed by atoms with E-state index in [0.717, 1.165) is 58.5 Å². The van der Waals surface area contributed by atoms with Gasteiger partial charge in [0.2, 0.25) is 5.13 Å². The Bertz CT molecular complexity index is 1530. The summed E-state index contributed by atoms with van der Waals surface area (Å²) in [6, 6.07) is 13.1. The van der Waals surface area contributed by atoms with Crippen LogP contribution in [0.2, 0.25) is 0 Å². The molecule has 37 heavy (non-hydrogen) atoms. The average molecular weight is 554 g/mol. The van der Waals surface area contributed by atoms with E-state index in [9.17, 15) is 8.42 Å². The molecule has 0 unspecified atom stereocenters. The molecule has 1 saturated heterocycles. The largest absolute Gasteiger partial charge is 0.362 e. The number of anilines is 2. The van der Waals surface area contributed by atoms with Gasteiger partial charge >= 0.3 is 0 Å². The molecule has 0 saturated carbocycles. The lowest BCUT2D eigenvalue weighted by Gasteiger charge is -2.37. The molecule has 1 aliphatic rings. The molecule has 0 radical (unpaired) electrons. The van der Waals surface area contributed by atoms with Crippen molar-refractivity contribution in [3.8, 4) is 0 Å². The van der Waals surface area contributed by atoms with E-state index in [1.54, 1.807) is 18.5 Å². The van der Waals surface area contributed by atoms with Crippen LogP contribution >= 0.6 is 23.6 Å². The van der Waals surface area contributed by atoms with Crippen molar-refractivity contribution in [2.75, 3.05) is 35.8 Å². The van der Waals surface area contributed by atoms with Crippen LogP contribution < -0.4 is 9.62 Å². The summed E-state index contributed by atoms with van der Waals surface area (Å²) in [5, 5.41) is 9.96. The third-order valence-electron chi connectivity index (χ3n) is 6.28. The van der Waals surface area contributed by atoms with Crippen LogP contribution in [0.4, 0.5) is 10.9 Å². The van der Waals surface area contributed by atoms with Crippen molar-refractivity contribution in [2.45, 2.75) is 31.6 Å². The second kappa shape index (κ2) is 10.6. The summed E-state index contributed by atoms with van der Waals surface area (Å²) in [5.74, 6) is 0.959. The Labute approximate surface area is 225 Å². The van der Waals surface area contributed by atoms with Gasteiger partial charge in [0, 0.05) is 38.0 Å². The van der Waals surface area contributed by atoms with Gasteiger partial charge in [-0.2, -0.15) is 0 Å². The second-order valence-electron chi connectivity index (χ2n) is 8.87. The van der Waals surface area contributed by atoms with Crippen LogP contribution in [0.5, 0.6) is 0 Å². The van der Waals surface area contributed by atoms with Gasteiger partial charge in [0.1, 0.15) is 17.2 Å². The third-order valence-corrected chi connectivity index (χ3v) is 9.15. The van der Waals surface area contributed by atoms with E-state index in [1.165, 1.54) is 16.9 Å². The fraction of sp³-hybridized carbons (Fsp3) is 0.320. The summed E-state index contributed by atoms with van der Waals surface area (Å²) in [6.07, 6.45) is 2.92. The molecule has 2 aromatic carbocycles. The van der Waals surface area contributed by atoms with Crippen LogP contribution in [0, 0.1) is 6.92 Å². The van der Waals surface area contributed by atoms with Crippen molar-refractivity contribution in [1.82, 2.24) is 25.1 Å². The second-order valence-corrected chi connectivity index (χ2v) is 12.1. The minimum absolute atomic E-state index is 0.177. The summed E-state index contributed by atoms with van der Waals surface area (Å²) < 4.78 is 27.9. The molecule has 5 rings (SSSR count). The van der Waals surface area contributed by atoms with E-state index in [1.807, 2.05) is 19.1 Å². The fourth-order valence-electron chi connectivity index (χ4n) is 4.26. The van der Waals surface area contributed by atoms with Gasteiger partial charge in [0.15, 0.2) is 0 Å². The molecule has 12 heteroatoms. The van der Waals surface area contributed by atoms with Crippen LogP contribution in [-0.2, 0) is 22.9 Å². The predicted molar refractivity (Wildman–Crippen MR) is 151 cm³/mol. The Morgan fingerprint density at radius 1 is 1.05 bits per heavy atom. The lowest BCUT2D eigenvalue weighted by Crippen LogP contribution is -2.49. The van der Waals surface area contributed by atoms with E-state index < -0.39 is 10.0 Å². The number of aryl methyl sites for hydroxylation is 2. The molecule has 0 aliphatic carbocycles. The van der Waals surface area contributed by atoms with E-state index in [2.05, 4.69) is 59.8 Å². The highest BCUT2D eigenvalue weighted by atomic mass is 32.2. The quantitative estimate of drug-likeness (QED) is 0.342. The molecular weight excluding hydrogens is 527 g/mol. The van der Waals surface area contributed by atoms with Crippen LogP contribution in [0.15, 0.2) is 53.7 Å². The van der Waals surface area contributed by atoms with Crippen molar-refractivity contribution < 1.29 is 8.42 Å². The van der Waals surface area contributed by atoms with Crippen molar-refractivity contribution in [3.63, 3.8) is 0 Å². The van der Waals surface area contributed by atoms with Gasteiger partial charge in [-0.25, -0.2) is 18.4 Å². The minimum atomic E-state index is -3.73. The predicted octanol–water partition coefficient (Wildman–Crippen LogP) is 3.85. The molecule has 0 bridgehead atoms. The number of hydrogen-bond acceptors (Lipinski definition) is 9. The monoisotopic (exact) mass is 553 g/mol. The smallest absolute Gasteiger partial charge is 0.263 e. The van der Waals surface area contributed by atoms with E-state index >= 15 is 0 Å². The summed E-state index contributed by atoms with van der Waals surface area (Å²) in [5.41, 5.74) is 3.10. The zero-order valence-corrected chi connectivity index (χ0v) is 23.0. The first-order valence-electron chi connectivity index (χ1n) is 12.0. The normalized spacial score (nSPS) is 14.2. The van der Waals surface area contributed by atoms with E-state index in [4.69, 9.17) is 12.2 Å². The van der Waals surface area contributed by atoms with Gasteiger partial charge in [-0.3, -0.25) is 4.72 Å². The average Bonchev–Trinajstić information content (AvgIpc) is 3.35. The number of nitrogens with zero attached hydrogens (tertiary/aromatic N) is 6. The summed E-state index contributed by atoms with van der Waals surface area (Å²) in [6.45, 7) is 7.24. The maximum absolute atomic E-state index is 12.7. The molecule has 0 spiro atoms. The minimum Gasteiger partial charge on any atom is -0.362 e. The number of benzene rings is 2. The Hall–Kier alpha value is -3.22. The van der Waals surface area contributed by atoms with Crippen LogP contribution in [-0.4, -0.2) is 64.7 Å². The molecule has 192 valence electrons. The lowest BCUT2D eigenvalue weighted by molar-refractivity contribution is 0.386. The highest BCUT2D eigenvalue weighted by molar-refractivity contribution is 7.93. The fourth-order valence-corrected chi connectivity index (χ4v) is 6.52. The van der Waals surface area contributed by atoms with Crippen LogP contribution in [0.3, 0.4) is 0 Å². The maximum Gasteiger partial charge on any atom is 0.263 e. The number of aromatic nitrogens is 4. The summed E-state index contributed by atoms with van der Waals surface area (Å²) in [4.78, 5) is 14.5. The van der Waals surface area contributed by atoms with Gasteiger partial charge in [0.25, 0.3) is 10.0 Å². The third kappa shape index (κ3) is 5.71. The number of nitrogens with one attached hydrogen (secondary N) is 1. The standard InChI is InChI=1S/C25H27N7O2S3/c1-3-22-28-29-25(36-22)30-37(33,34)19-7-5-18(6-8-19)15-23(35)31-10-12-32(13-11-31)24-20-9-4-17(2)14-21(20)26-16-27-24/h4-9,14,16H,3,10-13,15H2,1-2H3,(H,29,30). The molecular formula is C25H27N7O2S3. The molecule has 4 aromatic rings. The first kappa shape index (κ1) is 25.4. The van der Waals surface area contributed by atoms with Crippen molar-refractivity contribution in [1.29, 1.82) is 0 Å². The molecule has 9 nitrogen and oxygen atoms in total. The van der Waals surface area contributed by atoms with Gasteiger partial charge in [-0.1, -0.05) is 48.7 Å². The Balaban J connectivity index is 1.19. The van der Waals surface area contributed by atoms with E-state index in [-0.39, 0.29) is 10.0 Å². The Kier molecular flexibility index (Phi) is 7.31. The number of rotatable bonds is 7. The van der Waals surface area contributed by atoms with Crippen LogP contribution in [0.25, 0.3) is 10.9 Å². The lowest BCUT2D eigenvalue weighted by atomic mass is 10.1. The number of thiocarbonyl (C=S) groups is 1. The molecule has 2 aromatic heterocycles. The SMILES string of the molecule is CCc1nnc(NS(=O)(=O)c2ccc(CC(=S)N3CCN(c4ncnc5cc(C)ccc45)CC3)cc2)s1. The Morgan fingerprint density at radius 2 is 1.81 bits per heavy atom. The first-order valence-corrected chi connectivity index (χ1v) is 14.7. The molecule has 1 aliphatic heterocycles. The summed E-state index contributed by atoms with van der Waals surface area (Å²) in [7, 11) is -3.73. The van der Waals surface area contributed by atoms with Crippen molar-refractivity contribution in [3.05, 3.63) is 64.9 Å². The summed E-state index contributed by atoms with van der Waals surface area (Å²) >= 11 is 6.98. The number of hydrogen-bond donors (Lipinski definition) is 1. The highest BCUT2D eigenvalue weighted by Gasteiger charge is 2.22. The van der Waals surface area contributed by atoms with Crippen molar-refractivity contribution >= 4 is 60.4 Å². The van der Waals surface area contributed by atoms with Gasteiger partial charge in [0.05, 0.1) is 15.4 Å². The van der Waals surface area contributed by atoms with Gasteiger partial charge in [-0.05, 0) is 48.7 Å². The number of sulfonamides is 1. The molecule has 0 atom stereocenters. The molecule has 3 heterocycles. The zero-order chi connectivity index (χ0) is 26.0.